The van der Waals surface area contributed by atoms with Crippen LogP contribution >= 0.6 is 11.3 Å². The lowest BCUT2D eigenvalue weighted by atomic mass is 9.96. The first-order valence-corrected chi connectivity index (χ1v) is 10.0. The van der Waals surface area contributed by atoms with Gasteiger partial charge in [0.2, 0.25) is 5.91 Å². The molecule has 146 valence electrons. The first-order valence-electron chi connectivity index (χ1n) is 9.14. The Morgan fingerprint density at radius 2 is 2.11 bits per heavy atom. The Bertz CT molecular complexity index is 750. The molecule has 3 heterocycles. The Morgan fingerprint density at radius 3 is 2.78 bits per heavy atom. The fourth-order valence-electron chi connectivity index (χ4n) is 3.06. The first-order chi connectivity index (χ1) is 13.0. The molecule has 1 aliphatic heterocycles. The minimum Gasteiger partial charge on any atom is -0.350 e. The molecule has 0 radical (unpaired) electrons. The number of aromatic nitrogens is 3. The number of piperidine rings is 1. The summed E-state index contributed by atoms with van der Waals surface area (Å²) in [5, 5.41) is 12.8. The van der Waals surface area contributed by atoms with E-state index in [-0.39, 0.29) is 24.1 Å². The molecule has 0 atom stereocenters. The number of thiophene rings is 1. The number of carbonyl (C=O) groups is 2. The Kier molecular flexibility index (Phi) is 6.57. The predicted octanol–water partition coefficient (Wildman–Crippen LogP) is 1.07. The highest BCUT2D eigenvalue weighted by molar-refractivity contribution is 7.09. The standard InChI is InChI=1S/C18H26N6O2S/c1-22(2)17(25)13-24-12-16(20-21-24)18(26)19-10-14-5-7-23(8-6-14)11-15-4-3-9-27-15/h3-4,9,12,14H,5-8,10-11,13H2,1-2H3,(H,19,26). The number of hydrogen-bond acceptors (Lipinski definition) is 6. The van der Waals surface area contributed by atoms with Gasteiger partial charge in [-0.05, 0) is 43.3 Å². The van der Waals surface area contributed by atoms with Crippen molar-refractivity contribution >= 4 is 23.2 Å². The van der Waals surface area contributed by atoms with Gasteiger partial charge < -0.3 is 10.2 Å². The van der Waals surface area contributed by atoms with E-state index in [2.05, 4.69) is 38.0 Å². The van der Waals surface area contributed by atoms with Gasteiger partial charge in [-0.15, -0.1) is 16.4 Å². The average molecular weight is 391 g/mol. The molecule has 1 fully saturated rings. The van der Waals surface area contributed by atoms with E-state index in [4.69, 9.17) is 0 Å². The molecule has 0 spiro atoms. The van der Waals surface area contributed by atoms with Crippen LogP contribution in [0.5, 0.6) is 0 Å². The normalized spacial score (nSPS) is 15.6. The van der Waals surface area contributed by atoms with Gasteiger partial charge in [0.25, 0.3) is 5.91 Å². The highest BCUT2D eigenvalue weighted by Gasteiger charge is 2.21. The number of hydrogen-bond donors (Lipinski definition) is 1. The third-order valence-electron chi connectivity index (χ3n) is 4.79. The van der Waals surface area contributed by atoms with E-state index in [1.807, 2.05) is 0 Å². The molecule has 0 unspecified atom stereocenters. The molecule has 0 saturated carbocycles. The van der Waals surface area contributed by atoms with Gasteiger partial charge in [-0.2, -0.15) is 0 Å². The summed E-state index contributed by atoms with van der Waals surface area (Å²) in [5.74, 6) is 0.152. The van der Waals surface area contributed by atoms with Gasteiger partial charge in [0, 0.05) is 32.1 Å². The van der Waals surface area contributed by atoms with Crippen LogP contribution in [-0.4, -0.2) is 70.3 Å². The minimum atomic E-state index is -0.237. The number of nitrogens with zero attached hydrogens (tertiary/aromatic N) is 5. The van der Waals surface area contributed by atoms with Crippen LogP contribution in [0.25, 0.3) is 0 Å². The van der Waals surface area contributed by atoms with E-state index in [9.17, 15) is 9.59 Å². The molecule has 2 aromatic heterocycles. The van der Waals surface area contributed by atoms with E-state index in [0.717, 1.165) is 32.5 Å². The van der Waals surface area contributed by atoms with Gasteiger partial charge in [0.15, 0.2) is 5.69 Å². The molecule has 9 heteroatoms. The quantitative estimate of drug-likeness (QED) is 0.765. The van der Waals surface area contributed by atoms with Gasteiger partial charge >= 0.3 is 0 Å². The lowest BCUT2D eigenvalue weighted by molar-refractivity contribution is -0.129. The van der Waals surface area contributed by atoms with Crippen LogP contribution in [0.3, 0.4) is 0 Å². The highest BCUT2D eigenvalue weighted by atomic mass is 32.1. The summed E-state index contributed by atoms with van der Waals surface area (Å²) in [6.07, 6.45) is 3.67. The van der Waals surface area contributed by atoms with Crippen molar-refractivity contribution in [3.63, 3.8) is 0 Å². The number of amides is 2. The Balaban J connectivity index is 1.39. The van der Waals surface area contributed by atoms with E-state index in [0.29, 0.717) is 12.5 Å². The van der Waals surface area contributed by atoms with Crippen LogP contribution in [-0.2, 0) is 17.9 Å². The molecule has 0 aliphatic carbocycles. The second-order valence-electron chi connectivity index (χ2n) is 7.10. The number of carbonyl (C=O) groups excluding carboxylic acids is 2. The maximum Gasteiger partial charge on any atom is 0.273 e. The van der Waals surface area contributed by atoms with Crippen molar-refractivity contribution in [3.8, 4) is 0 Å². The minimum absolute atomic E-state index is 0.0793. The maximum atomic E-state index is 12.3. The Labute approximate surface area is 163 Å². The second kappa shape index (κ2) is 9.09. The zero-order valence-electron chi connectivity index (χ0n) is 15.8. The monoisotopic (exact) mass is 390 g/mol. The molecule has 1 saturated heterocycles. The predicted molar refractivity (Wildman–Crippen MR) is 103 cm³/mol. The van der Waals surface area contributed by atoms with Crippen molar-refractivity contribution in [1.82, 2.24) is 30.1 Å². The lowest BCUT2D eigenvalue weighted by Gasteiger charge is -2.31. The lowest BCUT2D eigenvalue weighted by Crippen LogP contribution is -2.38. The molecular weight excluding hydrogens is 364 g/mol. The Morgan fingerprint density at radius 1 is 1.33 bits per heavy atom. The van der Waals surface area contributed by atoms with E-state index in [1.54, 1.807) is 25.4 Å². The van der Waals surface area contributed by atoms with Crippen molar-refractivity contribution in [2.75, 3.05) is 33.7 Å². The summed E-state index contributed by atoms with van der Waals surface area (Å²) in [6.45, 7) is 3.86. The second-order valence-corrected chi connectivity index (χ2v) is 8.13. The third kappa shape index (κ3) is 5.61. The van der Waals surface area contributed by atoms with E-state index >= 15 is 0 Å². The third-order valence-corrected chi connectivity index (χ3v) is 5.65. The van der Waals surface area contributed by atoms with Gasteiger partial charge in [-0.25, -0.2) is 4.68 Å². The molecule has 2 aromatic rings. The van der Waals surface area contributed by atoms with Crippen LogP contribution in [0.1, 0.15) is 28.2 Å². The SMILES string of the molecule is CN(C)C(=O)Cn1cc(C(=O)NCC2CCN(Cc3cccs3)CC2)nn1. The molecule has 8 nitrogen and oxygen atoms in total. The van der Waals surface area contributed by atoms with Gasteiger partial charge in [-0.1, -0.05) is 11.3 Å². The number of likely N-dealkylation sites (tertiary alicyclic amines) is 1. The van der Waals surface area contributed by atoms with Crippen molar-refractivity contribution in [1.29, 1.82) is 0 Å². The molecule has 1 N–H and O–H groups in total. The summed E-state index contributed by atoms with van der Waals surface area (Å²) in [5.41, 5.74) is 0.247. The van der Waals surface area contributed by atoms with Crippen molar-refractivity contribution in [3.05, 3.63) is 34.3 Å². The summed E-state index contributed by atoms with van der Waals surface area (Å²) in [6, 6.07) is 4.27. The summed E-state index contributed by atoms with van der Waals surface area (Å²) in [7, 11) is 3.36. The van der Waals surface area contributed by atoms with Crippen LogP contribution < -0.4 is 5.32 Å². The fraction of sp³-hybridized carbons (Fsp3) is 0.556. The summed E-state index contributed by atoms with van der Waals surface area (Å²) >= 11 is 1.80. The smallest absolute Gasteiger partial charge is 0.273 e. The zero-order chi connectivity index (χ0) is 19.2. The largest absolute Gasteiger partial charge is 0.350 e. The molecule has 0 bridgehead atoms. The van der Waals surface area contributed by atoms with E-state index in [1.165, 1.54) is 20.7 Å². The topological polar surface area (TPSA) is 83.4 Å². The van der Waals surface area contributed by atoms with Crippen molar-refractivity contribution in [2.45, 2.75) is 25.9 Å². The molecule has 27 heavy (non-hydrogen) atoms. The molecule has 1 aliphatic rings. The van der Waals surface area contributed by atoms with Crippen molar-refractivity contribution < 1.29 is 9.59 Å². The molecule has 2 amide bonds. The summed E-state index contributed by atoms with van der Waals surface area (Å²) < 4.78 is 1.39. The first kappa shape index (κ1) is 19.5. The van der Waals surface area contributed by atoms with Crippen LogP contribution in [0.15, 0.2) is 23.7 Å². The highest BCUT2D eigenvalue weighted by Crippen LogP contribution is 2.20. The molecule has 3 rings (SSSR count). The van der Waals surface area contributed by atoms with E-state index < -0.39 is 0 Å². The molecule has 0 aromatic carbocycles. The van der Waals surface area contributed by atoms with Crippen LogP contribution in [0, 0.1) is 5.92 Å². The zero-order valence-corrected chi connectivity index (χ0v) is 16.6. The Hall–Kier alpha value is -2.26. The van der Waals surface area contributed by atoms with Crippen LogP contribution in [0.2, 0.25) is 0 Å². The fourth-order valence-corrected chi connectivity index (χ4v) is 3.81. The van der Waals surface area contributed by atoms with Gasteiger partial charge in [0.1, 0.15) is 6.54 Å². The van der Waals surface area contributed by atoms with Crippen LogP contribution in [0.4, 0.5) is 0 Å². The number of nitrogens with one attached hydrogen (secondary N) is 1. The molecular formula is C18H26N6O2S. The van der Waals surface area contributed by atoms with Crippen molar-refractivity contribution in [2.24, 2.45) is 5.92 Å². The summed E-state index contributed by atoms with van der Waals surface area (Å²) in [4.78, 5) is 29.3. The van der Waals surface area contributed by atoms with Gasteiger partial charge in [-0.3, -0.25) is 14.5 Å². The van der Waals surface area contributed by atoms with Gasteiger partial charge in [0.05, 0.1) is 6.20 Å². The number of rotatable bonds is 7. The number of likely N-dealkylation sites (N-methyl/N-ethyl adjacent to an activating group) is 1. The average Bonchev–Trinajstić information content (AvgIpc) is 3.33. The maximum absolute atomic E-state index is 12.3.